The molecule has 1 fully saturated rings. The molecule has 6 heteroatoms. The number of carbonyl (C=O) groups excluding carboxylic acids is 1. The maximum Gasteiger partial charge on any atom is 0.231 e. The number of ether oxygens (including phenoxy) is 2. The topological polar surface area (TPSA) is 54.0 Å². The van der Waals surface area contributed by atoms with Crippen LogP contribution in [0.5, 0.6) is 11.5 Å². The minimum Gasteiger partial charge on any atom is -0.454 e. The van der Waals surface area contributed by atoms with Gasteiger partial charge < -0.3 is 24.6 Å². The smallest absolute Gasteiger partial charge is 0.231 e. The van der Waals surface area contributed by atoms with Gasteiger partial charge in [0.1, 0.15) is 0 Å². The van der Waals surface area contributed by atoms with Gasteiger partial charge >= 0.3 is 0 Å². The number of piperazine rings is 1. The molecule has 1 saturated heterocycles. The molecular formula is C23H29N3O3. The van der Waals surface area contributed by atoms with Crippen LogP contribution in [0, 0.1) is 6.92 Å². The third-order valence-corrected chi connectivity index (χ3v) is 5.72. The summed E-state index contributed by atoms with van der Waals surface area (Å²) in [5, 5.41) is 3.03. The van der Waals surface area contributed by atoms with Crippen LogP contribution in [0.25, 0.3) is 0 Å². The highest BCUT2D eigenvalue weighted by Gasteiger charge is 2.18. The van der Waals surface area contributed by atoms with Crippen molar-refractivity contribution >= 4 is 17.3 Å². The lowest BCUT2D eigenvalue weighted by Crippen LogP contribution is -2.46. The van der Waals surface area contributed by atoms with Crippen LogP contribution in [0.2, 0.25) is 0 Å². The summed E-state index contributed by atoms with van der Waals surface area (Å²) in [4.78, 5) is 17.3. The van der Waals surface area contributed by atoms with E-state index in [-0.39, 0.29) is 12.7 Å². The molecule has 2 aliphatic heterocycles. The van der Waals surface area contributed by atoms with Gasteiger partial charge in [-0.3, -0.25) is 4.79 Å². The monoisotopic (exact) mass is 395 g/mol. The molecule has 0 aromatic heterocycles. The second kappa shape index (κ2) is 8.74. The van der Waals surface area contributed by atoms with Gasteiger partial charge in [-0.05, 0) is 61.3 Å². The van der Waals surface area contributed by atoms with E-state index in [1.165, 1.54) is 11.3 Å². The van der Waals surface area contributed by atoms with Crippen LogP contribution in [-0.4, -0.2) is 50.3 Å². The summed E-state index contributed by atoms with van der Waals surface area (Å²) in [6.07, 6.45) is 1.10. The molecule has 4 rings (SSSR count). The van der Waals surface area contributed by atoms with Gasteiger partial charge in [0.2, 0.25) is 12.7 Å². The summed E-state index contributed by atoms with van der Waals surface area (Å²) in [6, 6.07) is 12.0. The Bertz CT molecular complexity index is 876. The summed E-state index contributed by atoms with van der Waals surface area (Å²) in [5.74, 6) is 1.55. The van der Waals surface area contributed by atoms with Gasteiger partial charge in [0.05, 0.1) is 0 Å². The Morgan fingerprint density at radius 3 is 2.59 bits per heavy atom. The molecule has 0 bridgehead atoms. The molecular weight excluding hydrogens is 366 g/mol. The van der Waals surface area contributed by atoms with Crippen LogP contribution in [-0.2, 0) is 11.2 Å². The lowest BCUT2D eigenvalue weighted by molar-refractivity contribution is -0.116. The second-order valence-corrected chi connectivity index (χ2v) is 7.66. The fraction of sp³-hybridized carbons (Fsp3) is 0.435. The lowest BCUT2D eigenvalue weighted by atomic mass is 10.1. The van der Waals surface area contributed by atoms with Crippen LogP contribution in [0.15, 0.2) is 36.4 Å². The van der Waals surface area contributed by atoms with Crippen molar-refractivity contribution in [3.8, 4) is 11.5 Å². The Hall–Kier alpha value is -2.73. The van der Waals surface area contributed by atoms with Gasteiger partial charge in [0.15, 0.2) is 11.5 Å². The maximum atomic E-state index is 12.4. The van der Waals surface area contributed by atoms with Crippen molar-refractivity contribution in [3.63, 3.8) is 0 Å². The SMILES string of the molecule is CCN1CCN(c2ccc(NC(=O)CCc3ccc4c(c3)OCO4)cc2C)CC1. The van der Waals surface area contributed by atoms with Gasteiger partial charge in [0, 0.05) is 44.0 Å². The third-order valence-electron chi connectivity index (χ3n) is 5.72. The Morgan fingerprint density at radius 2 is 1.83 bits per heavy atom. The van der Waals surface area contributed by atoms with E-state index in [1.54, 1.807) is 0 Å². The van der Waals surface area contributed by atoms with E-state index < -0.39 is 0 Å². The van der Waals surface area contributed by atoms with Crippen LogP contribution < -0.4 is 19.7 Å². The van der Waals surface area contributed by atoms with Crippen molar-refractivity contribution in [3.05, 3.63) is 47.5 Å². The van der Waals surface area contributed by atoms with Crippen molar-refractivity contribution in [2.45, 2.75) is 26.7 Å². The number of nitrogens with one attached hydrogen (secondary N) is 1. The number of hydrogen-bond donors (Lipinski definition) is 1. The first-order valence-corrected chi connectivity index (χ1v) is 10.4. The van der Waals surface area contributed by atoms with E-state index in [1.807, 2.05) is 24.3 Å². The number of likely N-dealkylation sites (N-methyl/N-ethyl adjacent to an activating group) is 1. The van der Waals surface area contributed by atoms with E-state index in [9.17, 15) is 4.79 Å². The fourth-order valence-corrected chi connectivity index (χ4v) is 3.97. The number of benzene rings is 2. The summed E-state index contributed by atoms with van der Waals surface area (Å²) >= 11 is 0. The molecule has 0 radical (unpaired) electrons. The third kappa shape index (κ3) is 4.65. The first kappa shape index (κ1) is 19.6. The quantitative estimate of drug-likeness (QED) is 0.812. The highest BCUT2D eigenvalue weighted by molar-refractivity contribution is 5.91. The Kier molecular flexibility index (Phi) is 5.90. The van der Waals surface area contributed by atoms with Crippen LogP contribution >= 0.6 is 0 Å². The van der Waals surface area contributed by atoms with Crippen LogP contribution in [0.1, 0.15) is 24.5 Å². The normalized spacial score (nSPS) is 16.1. The molecule has 0 aliphatic carbocycles. The molecule has 1 N–H and O–H groups in total. The molecule has 0 unspecified atom stereocenters. The molecule has 2 aliphatic rings. The lowest BCUT2D eigenvalue weighted by Gasteiger charge is -2.36. The standard InChI is InChI=1S/C23H29N3O3/c1-3-25-10-12-26(13-11-25)20-7-6-19(14-17(20)2)24-23(27)9-5-18-4-8-21-22(15-18)29-16-28-21/h4,6-8,14-15H,3,5,9-13,16H2,1-2H3,(H,24,27). The predicted molar refractivity (Wildman–Crippen MR) is 115 cm³/mol. The van der Waals surface area contributed by atoms with Gasteiger partial charge in [-0.1, -0.05) is 13.0 Å². The van der Waals surface area contributed by atoms with Gasteiger partial charge in [-0.2, -0.15) is 0 Å². The highest BCUT2D eigenvalue weighted by Crippen LogP contribution is 2.32. The molecule has 2 aromatic rings. The second-order valence-electron chi connectivity index (χ2n) is 7.66. The summed E-state index contributed by atoms with van der Waals surface area (Å²) in [5.41, 5.74) is 4.39. The average molecular weight is 396 g/mol. The zero-order valence-electron chi connectivity index (χ0n) is 17.2. The fourth-order valence-electron chi connectivity index (χ4n) is 3.97. The van der Waals surface area contributed by atoms with Gasteiger partial charge in [-0.15, -0.1) is 0 Å². The Balaban J connectivity index is 1.31. The number of carbonyl (C=O) groups is 1. The number of fused-ring (bicyclic) bond motifs is 1. The first-order valence-electron chi connectivity index (χ1n) is 10.4. The number of aryl methyl sites for hydroxylation is 2. The van der Waals surface area contributed by atoms with Crippen LogP contribution in [0.3, 0.4) is 0 Å². The summed E-state index contributed by atoms with van der Waals surface area (Å²) in [6.45, 7) is 10.0. The maximum absolute atomic E-state index is 12.4. The number of hydrogen-bond acceptors (Lipinski definition) is 5. The van der Waals surface area contributed by atoms with E-state index >= 15 is 0 Å². The molecule has 29 heavy (non-hydrogen) atoms. The molecule has 0 atom stereocenters. The zero-order valence-corrected chi connectivity index (χ0v) is 17.2. The van der Waals surface area contributed by atoms with E-state index in [0.717, 1.165) is 55.5 Å². The molecule has 2 aromatic carbocycles. The van der Waals surface area contributed by atoms with E-state index in [4.69, 9.17) is 9.47 Å². The van der Waals surface area contributed by atoms with Gasteiger partial charge in [0.25, 0.3) is 0 Å². The largest absolute Gasteiger partial charge is 0.454 e. The summed E-state index contributed by atoms with van der Waals surface area (Å²) < 4.78 is 10.7. The number of rotatable bonds is 6. The van der Waals surface area contributed by atoms with Gasteiger partial charge in [-0.25, -0.2) is 0 Å². The highest BCUT2D eigenvalue weighted by atomic mass is 16.7. The molecule has 2 heterocycles. The average Bonchev–Trinajstić information content (AvgIpc) is 3.20. The molecule has 154 valence electrons. The molecule has 0 saturated carbocycles. The summed E-state index contributed by atoms with van der Waals surface area (Å²) in [7, 11) is 0. The van der Waals surface area contributed by atoms with Crippen molar-refractivity contribution in [2.24, 2.45) is 0 Å². The Labute approximate surface area is 172 Å². The van der Waals surface area contributed by atoms with Crippen molar-refractivity contribution in [1.82, 2.24) is 4.90 Å². The first-order chi connectivity index (χ1) is 14.1. The van der Waals surface area contributed by atoms with Crippen molar-refractivity contribution in [2.75, 3.05) is 49.7 Å². The number of amides is 1. The van der Waals surface area contributed by atoms with E-state index in [2.05, 4.69) is 41.1 Å². The number of nitrogens with zero attached hydrogens (tertiary/aromatic N) is 2. The Morgan fingerprint density at radius 1 is 1.03 bits per heavy atom. The molecule has 6 nitrogen and oxygen atoms in total. The molecule has 1 amide bonds. The minimum absolute atomic E-state index is 0.0198. The predicted octanol–water partition coefficient (Wildman–Crippen LogP) is 3.44. The minimum atomic E-state index is 0.0198. The zero-order chi connectivity index (χ0) is 20.2. The van der Waals surface area contributed by atoms with E-state index in [0.29, 0.717) is 12.8 Å². The van der Waals surface area contributed by atoms with Crippen molar-refractivity contribution in [1.29, 1.82) is 0 Å². The van der Waals surface area contributed by atoms with Crippen LogP contribution in [0.4, 0.5) is 11.4 Å². The number of anilines is 2. The van der Waals surface area contributed by atoms with Crippen molar-refractivity contribution < 1.29 is 14.3 Å². The molecule has 0 spiro atoms.